The quantitative estimate of drug-likeness (QED) is 0.548. The molecule has 3 heteroatoms. The minimum Gasteiger partial charge on any atom is -0.270 e. The minimum atomic E-state index is -0.262. The monoisotopic (exact) mass is 211 g/mol. The lowest BCUT2D eigenvalue weighted by Crippen LogP contribution is -2.29. The van der Waals surface area contributed by atoms with Gasteiger partial charge in [-0.3, -0.25) is 14.5 Å². The number of carbonyl (C=O) groups excluding carboxylic acids is 2. The molecule has 1 aromatic rings. The topological polar surface area (TPSA) is 37.4 Å². The number of rotatable bonds is 2. The Balaban J connectivity index is 2.29. The maximum absolute atomic E-state index is 11.8. The van der Waals surface area contributed by atoms with Gasteiger partial charge in [-0.05, 0) is 18.2 Å². The number of benzene rings is 1. The Bertz CT molecular complexity index is 488. The van der Waals surface area contributed by atoms with Crippen LogP contribution in [-0.4, -0.2) is 23.3 Å². The average molecular weight is 211 g/mol. The molecule has 2 rings (SSSR count). The van der Waals surface area contributed by atoms with Gasteiger partial charge < -0.3 is 0 Å². The summed E-state index contributed by atoms with van der Waals surface area (Å²) in [6, 6.07) is 6.79. The van der Waals surface area contributed by atoms with E-state index in [9.17, 15) is 9.59 Å². The number of hydrogen-bond donors (Lipinski definition) is 0. The lowest BCUT2D eigenvalue weighted by Gasteiger charge is -2.09. The van der Waals surface area contributed by atoms with Crippen molar-refractivity contribution in [2.75, 3.05) is 6.54 Å². The fourth-order valence-corrected chi connectivity index (χ4v) is 1.63. The number of amides is 2. The van der Waals surface area contributed by atoms with Gasteiger partial charge in [0.05, 0.1) is 11.1 Å². The SMILES string of the molecule is C#C/C=C/CN1C(=O)c2ccccc2C1=O. The third kappa shape index (κ3) is 1.51. The zero-order valence-corrected chi connectivity index (χ0v) is 8.51. The van der Waals surface area contributed by atoms with Gasteiger partial charge in [-0.25, -0.2) is 0 Å². The molecule has 1 heterocycles. The molecule has 0 bridgehead atoms. The molecule has 0 N–H and O–H groups in total. The van der Waals surface area contributed by atoms with Crippen molar-refractivity contribution >= 4 is 11.8 Å². The summed E-state index contributed by atoms with van der Waals surface area (Å²) >= 11 is 0. The first-order valence-electron chi connectivity index (χ1n) is 4.82. The smallest absolute Gasteiger partial charge is 0.261 e. The van der Waals surface area contributed by atoms with Crippen LogP contribution >= 0.6 is 0 Å². The molecule has 0 aromatic heterocycles. The van der Waals surface area contributed by atoms with Crippen molar-refractivity contribution in [2.24, 2.45) is 0 Å². The van der Waals surface area contributed by atoms with Gasteiger partial charge in [0.2, 0.25) is 0 Å². The first-order valence-corrected chi connectivity index (χ1v) is 4.82. The number of terminal acetylenes is 1. The number of imide groups is 1. The van der Waals surface area contributed by atoms with Crippen molar-refractivity contribution in [2.45, 2.75) is 0 Å². The van der Waals surface area contributed by atoms with E-state index >= 15 is 0 Å². The van der Waals surface area contributed by atoms with Gasteiger partial charge in [0, 0.05) is 6.54 Å². The molecule has 0 saturated heterocycles. The van der Waals surface area contributed by atoms with Gasteiger partial charge in [-0.2, -0.15) is 0 Å². The number of carbonyl (C=O) groups is 2. The lowest BCUT2D eigenvalue weighted by molar-refractivity contribution is 0.0672. The Hall–Kier alpha value is -2.34. The second kappa shape index (κ2) is 4.03. The molecule has 1 aromatic carbocycles. The number of fused-ring (bicyclic) bond motifs is 1. The van der Waals surface area contributed by atoms with Crippen LogP contribution in [0.2, 0.25) is 0 Å². The summed E-state index contributed by atoms with van der Waals surface area (Å²) in [7, 11) is 0. The highest BCUT2D eigenvalue weighted by molar-refractivity contribution is 6.21. The van der Waals surface area contributed by atoms with E-state index < -0.39 is 0 Å². The predicted octanol–water partition coefficient (Wildman–Crippen LogP) is 1.47. The van der Waals surface area contributed by atoms with Crippen molar-refractivity contribution < 1.29 is 9.59 Å². The van der Waals surface area contributed by atoms with E-state index in [1.165, 1.54) is 11.0 Å². The second-order valence-electron chi connectivity index (χ2n) is 3.34. The summed E-state index contributed by atoms with van der Waals surface area (Å²) in [6.45, 7) is 0.219. The molecule has 1 aliphatic heterocycles. The van der Waals surface area contributed by atoms with Crippen LogP contribution in [0.25, 0.3) is 0 Å². The van der Waals surface area contributed by atoms with E-state index in [1.807, 2.05) is 0 Å². The van der Waals surface area contributed by atoms with Gasteiger partial charge in [-0.1, -0.05) is 24.1 Å². The molecule has 0 radical (unpaired) electrons. The Morgan fingerprint density at radius 2 is 1.75 bits per heavy atom. The largest absolute Gasteiger partial charge is 0.270 e. The third-order valence-corrected chi connectivity index (χ3v) is 2.38. The van der Waals surface area contributed by atoms with Crippen LogP contribution < -0.4 is 0 Å². The number of allylic oxidation sites excluding steroid dienone is 1. The summed E-state index contributed by atoms with van der Waals surface area (Å²) in [5, 5.41) is 0. The predicted molar refractivity (Wildman–Crippen MR) is 59.8 cm³/mol. The molecular formula is C13H9NO2. The average Bonchev–Trinajstić information content (AvgIpc) is 2.55. The zero-order valence-electron chi connectivity index (χ0n) is 8.51. The first kappa shape index (κ1) is 10.2. The molecule has 3 nitrogen and oxygen atoms in total. The summed E-state index contributed by atoms with van der Waals surface area (Å²) in [6.07, 6.45) is 8.13. The van der Waals surface area contributed by atoms with E-state index in [0.717, 1.165) is 0 Å². The van der Waals surface area contributed by atoms with Gasteiger partial charge in [0.1, 0.15) is 0 Å². The molecule has 1 aliphatic rings. The lowest BCUT2D eigenvalue weighted by atomic mass is 10.1. The highest BCUT2D eigenvalue weighted by Crippen LogP contribution is 2.21. The maximum Gasteiger partial charge on any atom is 0.261 e. The van der Waals surface area contributed by atoms with Crippen molar-refractivity contribution in [3.05, 3.63) is 47.5 Å². The van der Waals surface area contributed by atoms with E-state index in [2.05, 4.69) is 5.92 Å². The number of hydrogen-bond acceptors (Lipinski definition) is 2. The van der Waals surface area contributed by atoms with Gasteiger partial charge >= 0.3 is 0 Å². The first-order chi connectivity index (χ1) is 7.75. The second-order valence-corrected chi connectivity index (χ2v) is 3.34. The van der Waals surface area contributed by atoms with E-state index in [4.69, 9.17) is 6.42 Å². The van der Waals surface area contributed by atoms with Crippen molar-refractivity contribution in [3.8, 4) is 12.3 Å². The molecule has 0 atom stereocenters. The van der Waals surface area contributed by atoms with E-state index in [1.54, 1.807) is 30.3 Å². The maximum atomic E-state index is 11.8. The molecule has 0 saturated carbocycles. The molecule has 2 amide bonds. The molecule has 0 unspecified atom stereocenters. The normalized spacial score (nSPS) is 14.3. The molecule has 16 heavy (non-hydrogen) atoms. The summed E-state index contributed by atoms with van der Waals surface area (Å²) in [5.74, 6) is 1.79. The summed E-state index contributed by atoms with van der Waals surface area (Å²) in [5.41, 5.74) is 0.920. The van der Waals surface area contributed by atoms with Gasteiger partial charge in [0.15, 0.2) is 0 Å². The Labute approximate surface area is 93.4 Å². The third-order valence-electron chi connectivity index (χ3n) is 2.38. The van der Waals surface area contributed by atoms with Crippen LogP contribution in [0.5, 0.6) is 0 Å². The van der Waals surface area contributed by atoms with E-state index in [0.29, 0.717) is 11.1 Å². The van der Waals surface area contributed by atoms with E-state index in [-0.39, 0.29) is 18.4 Å². The van der Waals surface area contributed by atoms with Crippen LogP contribution in [0.15, 0.2) is 36.4 Å². The van der Waals surface area contributed by atoms with Crippen molar-refractivity contribution in [1.29, 1.82) is 0 Å². The van der Waals surface area contributed by atoms with Crippen LogP contribution in [0.4, 0.5) is 0 Å². The molecule has 78 valence electrons. The van der Waals surface area contributed by atoms with Crippen molar-refractivity contribution in [3.63, 3.8) is 0 Å². The summed E-state index contributed by atoms with van der Waals surface area (Å²) < 4.78 is 0. The molecule has 0 spiro atoms. The molecule has 0 aliphatic carbocycles. The summed E-state index contributed by atoms with van der Waals surface area (Å²) in [4.78, 5) is 24.8. The van der Waals surface area contributed by atoms with Gasteiger partial charge in [0.25, 0.3) is 11.8 Å². The van der Waals surface area contributed by atoms with Crippen LogP contribution in [0.3, 0.4) is 0 Å². The van der Waals surface area contributed by atoms with Crippen LogP contribution in [-0.2, 0) is 0 Å². The fourth-order valence-electron chi connectivity index (χ4n) is 1.63. The van der Waals surface area contributed by atoms with Gasteiger partial charge in [-0.15, -0.1) is 6.42 Å². The van der Waals surface area contributed by atoms with Crippen LogP contribution in [0.1, 0.15) is 20.7 Å². The standard InChI is InChI=1S/C13H9NO2/c1-2-3-6-9-14-12(15)10-7-4-5-8-11(10)13(14)16/h1,3-8H,9H2/b6-3+. The Kier molecular flexibility index (Phi) is 2.57. The highest BCUT2D eigenvalue weighted by Gasteiger charge is 2.33. The number of nitrogens with zero attached hydrogens (tertiary/aromatic N) is 1. The molecule has 0 fully saturated rings. The highest BCUT2D eigenvalue weighted by atomic mass is 16.2. The Morgan fingerprint density at radius 1 is 1.19 bits per heavy atom. The fraction of sp³-hybridized carbons (Fsp3) is 0.0769. The Morgan fingerprint density at radius 3 is 2.25 bits per heavy atom. The minimum absolute atomic E-state index is 0.219. The zero-order chi connectivity index (χ0) is 11.5. The van der Waals surface area contributed by atoms with Crippen LogP contribution in [0, 0.1) is 12.3 Å². The van der Waals surface area contributed by atoms with Crippen molar-refractivity contribution in [1.82, 2.24) is 4.90 Å². The molecular weight excluding hydrogens is 202 g/mol.